The number of anilines is 1. The van der Waals surface area contributed by atoms with Gasteiger partial charge < -0.3 is 20.0 Å². The highest BCUT2D eigenvalue weighted by atomic mass is 19.4. The Bertz CT molecular complexity index is 639. The fourth-order valence-electron chi connectivity index (χ4n) is 1.60. The van der Waals surface area contributed by atoms with E-state index in [9.17, 15) is 23.1 Å². The molecular formula is C14H9F3NO3-. The second-order valence-corrected chi connectivity index (χ2v) is 4.06. The van der Waals surface area contributed by atoms with Crippen molar-refractivity contribution in [3.8, 4) is 11.5 Å². The molecule has 0 bridgehead atoms. The molecule has 2 rings (SSSR count). The molecule has 0 saturated heterocycles. The van der Waals surface area contributed by atoms with E-state index in [1.165, 1.54) is 36.4 Å². The predicted molar refractivity (Wildman–Crippen MR) is 67.0 cm³/mol. The molecule has 0 aliphatic heterocycles. The summed E-state index contributed by atoms with van der Waals surface area (Å²) >= 11 is 0. The van der Waals surface area contributed by atoms with Crippen molar-refractivity contribution in [3.63, 3.8) is 0 Å². The molecule has 0 saturated carbocycles. The average molecular weight is 296 g/mol. The van der Waals surface area contributed by atoms with Crippen LogP contribution in [0.25, 0.3) is 0 Å². The number of halogens is 3. The first-order valence-corrected chi connectivity index (χ1v) is 5.78. The van der Waals surface area contributed by atoms with Gasteiger partial charge in [-0.15, -0.1) is 0 Å². The van der Waals surface area contributed by atoms with Gasteiger partial charge in [0.1, 0.15) is 17.6 Å². The Kier molecular flexibility index (Phi) is 4.02. The summed E-state index contributed by atoms with van der Waals surface area (Å²) in [4.78, 5) is 10.3. The van der Waals surface area contributed by atoms with Crippen LogP contribution in [0.3, 0.4) is 0 Å². The Labute approximate surface area is 117 Å². The fourth-order valence-corrected chi connectivity index (χ4v) is 1.60. The molecular weight excluding hydrogens is 287 g/mol. The van der Waals surface area contributed by atoms with Crippen LogP contribution in [0, 0.1) is 0 Å². The van der Waals surface area contributed by atoms with Crippen molar-refractivity contribution >= 4 is 11.8 Å². The summed E-state index contributed by atoms with van der Waals surface area (Å²) in [6.45, 7) is 0. The standard InChI is InChI=1S/C14H10F3NO3/c15-14(16,17)9-2-1-3-12(8-9)21-11-6-4-10(5-7-11)18-13(19)20/h1-8,18H,(H,19,20)/p-1. The monoisotopic (exact) mass is 296 g/mol. The molecule has 0 aliphatic rings. The molecule has 21 heavy (non-hydrogen) atoms. The first-order valence-electron chi connectivity index (χ1n) is 5.78. The zero-order chi connectivity index (χ0) is 15.5. The minimum absolute atomic E-state index is 0.0328. The third kappa shape index (κ3) is 4.13. The SMILES string of the molecule is O=C([O-])Nc1ccc(Oc2cccc(C(F)(F)F)c2)cc1. The first-order chi connectivity index (χ1) is 9.84. The molecule has 2 aromatic rings. The van der Waals surface area contributed by atoms with E-state index in [2.05, 4.69) is 0 Å². The van der Waals surface area contributed by atoms with Crippen LogP contribution >= 0.6 is 0 Å². The van der Waals surface area contributed by atoms with Crippen LogP contribution in [0.1, 0.15) is 5.56 Å². The molecule has 2 aromatic carbocycles. The highest BCUT2D eigenvalue weighted by Gasteiger charge is 2.30. The summed E-state index contributed by atoms with van der Waals surface area (Å²) in [5, 5.41) is 12.3. The summed E-state index contributed by atoms with van der Waals surface area (Å²) in [7, 11) is 0. The molecule has 0 atom stereocenters. The third-order valence-corrected chi connectivity index (χ3v) is 2.50. The van der Waals surface area contributed by atoms with Gasteiger partial charge >= 0.3 is 6.18 Å². The van der Waals surface area contributed by atoms with Crippen molar-refractivity contribution in [1.29, 1.82) is 0 Å². The summed E-state index contributed by atoms with van der Waals surface area (Å²) in [5.74, 6) is 0.309. The number of carbonyl (C=O) groups excluding carboxylic acids is 1. The van der Waals surface area contributed by atoms with Crippen LogP contribution < -0.4 is 15.2 Å². The molecule has 0 aliphatic carbocycles. The van der Waals surface area contributed by atoms with E-state index < -0.39 is 17.8 Å². The summed E-state index contributed by atoms with van der Waals surface area (Å²) < 4.78 is 43.0. The fraction of sp³-hybridized carbons (Fsp3) is 0.0714. The smallest absolute Gasteiger partial charge is 0.416 e. The zero-order valence-electron chi connectivity index (χ0n) is 10.5. The highest BCUT2D eigenvalue weighted by molar-refractivity contribution is 5.81. The topological polar surface area (TPSA) is 61.4 Å². The quantitative estimate of drug-likeness (QED) is 0.945. The number of amides is 1. The van der Waals surface area contributed by atoms with Crippen molar-refractivity contribution < 1.29 is 27.8 Å². The number of hydrogen-bond acceptors (Lipinski definition) is 3. The lowest BCUT2D eigenvalue weighted by Gasteiger charge is -2.11. The number of carboxylic acid groups (broad SMARTS) is 1. The lowest BCUT2D eigenvalue weighted by atomic mass is 10.2. The van der Waals surface area contributed by atoms with Gasteiger partial charge in [0.25, 0.3) is 0 Å². The maximum Gasteiger partial charge on any atom is 0.416 e. The van der Waals surface area contributed by atoms with Gasteiger partial charge in [0.05, 0.1) is 5.56 Å². The maximum atomic E-state index is 12.6. The van der Waals surface area contributed by atoms with Gasteiger partial charge in [0.15, 0.2) is 0 Å². The molecule has 0 unspecified atom stereocenters. The highest BCUT2D eigenvalue weighted by Crippen LogP contribution is 2.32. The van der Waals surface area contributed by atoms with Gasteiger partial charge in [-0.2, -0.15) is 13.2 Å². The van der Waals surface area contributed by atoms with Gasteiger partial charge in [0, 0.05) is 5.69 Å². The number of hydrogen-bond donors (Lipinski definition) is 1. The minimum atomic E-state index is -4.44. The van der Waals surface area contributed by atoms with Crippen LogP contribution in [0.4, 0.5) is 23.7 Å². The van der Waals surface area contributed by atoms with Crippen LogP contribution in [0.2, 0.25) is 0 Å². The molecule has 7 heteroatoms. The molecule has 0 spiro atoms. The molecule has 0 fully saturated rings. The van der Waals surface area contributed by atoms with Gasteiger partial charge in [-0.05, 0) is 42.5 Å². The van der Waals surface area contributed by atoms with E-state index in [1.54, 1.807) is 0 Å². The molecule has 110 valence electrons. The Hall–Kier alpha value is -2.70. The largest absolute Gasteiger partial charge is 0.530 e. The lowest BCUT2D eigenvalue weighted by molar-refractivity contribution is -0.242. The van der Waals surface area contributed by atoms with Crippen molar-refractivity contribution in [2.45, 2.75) is 6.18 Å². The van der Waals surface area contributed by atoms with Crippen LogP contribution in [-0.2, 0) is 6.18 Å². The lowest BCUT2D eigenvalue weighted by Crippen LogP contribution is -2.28. The van der Waals surface area contributed by atoms with Gasteiger partial charge in [-0.3, -0.25) is 0 Å². The second kappa shape index (κ2) is 5.74. The molecule has 1 N–H and O–H groups in total. The number of carbonyl (C=O) groups is 1. The Morgan fingerprint density at radius 2 is 1.71 bits per heavy atom. The molecule has 0 aromatic heterocycles. The third-order valence-electron chi connectivity index (χ3n) is 2.50. The van der Waals surface area contributed by atoms with Crippen molar-refractivity contribution in [3.05, 3.63) is 54.1 Å². The van der Waals surface area contributed by atoms with Crippen molar-refractivity contribution in [2.24, 2.45) is 0 Å². The van der Waals surface area contributed by atoms with Crippen molar-refractivity contribution in [2.75, 3.05) is 5.32 Å². The van der Waals surface area contributed by atoms with Crippen LogP contribution in [-0.4, -0.2) is 6.09 Å². The number of alkyl halides is 3. The van der Waals surface area contributed by atoms with E-state index in [-0.39, 0.29) is 17.2 Å². The van der Waals surface area contributed by atoms with E-state index in [4.69, 9.17) is 4.74 Å². The maximum absolute atomic E-state index is 12.6. The molecule has 0 heterocycles. The van der Waals surface area contributed by atoms with Gasteiger partial charge in [-0.25, -0.2) is 0 Å². The summed E-state index contributed by atoms with van der Waals surface area (Å²) in [6, 6.07) is 10.1. The number of nitrogens with one attached hydrogen (secondary N) is 1. The first kappa shape index (κ1) is 14.7. The normalized spacial score (nSPS) is 11.0. The number of rotatable bonds is 3. The second-order valence-electron chi connectivity index (χ2n) is 4.06. The van der Waals surface area contributed by atoms with Crippen LogP contribution in [0.5, 0.6) is 11.5 Å². The van der Waals surface area contributed by atoms with Crippen molar-refractivity contribution in [1.82, 2.24) is 0 Å². The predicted octanol–water partition coefficient (Wildman–Crippen LogP) is 3.25. The average Bonchev–Trinajstić information content (AvgIpc) is 2.40. The Balaban J connectivity index is 2.13. The molecule has 1 amide bonds. The number of benzene rings is 2. The van der Waals surface area contributed by atoms with E-state index in [0.717, 1.165) is 12.1 Å². The molecule has 4 nitrogen and oxygen atoms in total. The van der Waals surface area contributed by atoms with E-state index in [0.29, 0.717) is 0 Å². The minimum Gasteiger partial charge on any atom is -0.530 e. The number of ether oxygens (including phenoxy) is 1. The van der Waals surface area contributed by atoms with Crippen LogP contribution in [0.15, 0.2) is 48.5 Å². The summed E-state index contributed by atoms with van der Waals surface area (Å²) in [5.41, 5.74) is -0.540. The van der Waals surface area contributed by atoms with E-state index >= 15 is 0 Å². The summed E-state index contributed by atoms with van der Waals surface area (Å²) in [6.07, 6.45) is -5.90. The Morgan fingerprint density at radius 3 is 2.29 bits per heavy atom. The Morgan fingerprint density at radius 1 is 1.05 bits per heavy atom. The van der Waals surface area contributed by atoms with Gasteiger partial charge in [-0.1, -0.05) is 6.07 Å². The molecule has 0 radical (unpaired) electrons. The van der Waals surface area contributed by atoms with E-state index in [1.807, 2.05) is 5.32 Å². The zero-order valence-corrected chi connectivity index (χ0v) is 10.5. The van der Waals surface area contributed by atoms with Gasteiger partial charge in [0.2, 0.25) is 0 Å².